The Morgan fingerprint density at radius 3 is 2.53 bits per heavy atom. The summed E-state index contributed by atoms with van der Waals surface area (Å²) >= 11 is 0. The van der Waals surface area contributed by atoms with Crippen LogP contribution in [0.2, 0.25) is 0 Å². The van der Waals surface area contributed by atoms with Crippen LogP contribution in [0.15, 0.2) is 18.3 Å². The molecule has 1 N–H and O–H groups in total. The Balaban J connectivity index is 2.69. The fraction of sp³-hybridized carbons (Fsp3) is 0.643. The van der Waals surface area contributed by atoms with E-state index in [9.17, 15) is 5.11 Å². The number of aliphatic hydroxyl groups excluding tert-OH is 1. The standard InChI is InChI=1S/C14H23NO2/c1-5-11-7-8-12(15-10-11)9-13(16)14(3,6-2)17-4/h7-8,10,13,16H,5-6,9H2,1-4H3. The first kappa shape index (κ1) is 14.1. The molecule has 0 saturated carbocycles. The molecule has 0 aliphatic carbocycles. The van der Waals surface area contributed by atoms with Crippen LogP contribution in [0, 0.1) is 0 Å². The minimum absolute atomic E-state index is 0.495. The Kier molecular flexibility index (Phi) is 5.09. The van der Waals surface area contributed by atoms with Gasteiger partial charge in [0, 0.05) is 25.4 Å². The normalized spacial score (nSPS) is 16.5. The van der Waals surface area contributed by atoms with Gasteiger partial charge >= 0.3 is 0 Å². The molecular weight excluding hydrogens is 214 g/mol. The van der Waals surface area contributed by atoms with Crippen LogP contribution in [0.1, 0.15) is 38.4 Å². The third kappa shape index (κ3) is 3.51. The molecule has 0 amide bonds. The molecule has 0 bridgehead atoms. The van der Waals surface area contributed by atoms with Gasteiger partial charge in [0.15, 0.2) is 0 Å². The fourth-order valence-corrected chi connectivity index (χ4v) is 1.72. The minimum atomic E-state index is -0.530. The lowest BCUT2D eigenvalue weighted by Crippen LogP contribution is -2.42. The molecule has 0 aromatic carbocycles. The van der Waals surface area contributed by atoms with E-state index in [1.165, 1.54) is 5.56 Å². The molecule has 2 atom stereocenters. The van der Waals surface area contributed by atoms with Crippen molar-refractivity contribution in [1.82, 2.24) is 4.98 Å². The number of pyridine rings is 1. The Bertz CT molecular complexity index is 331. The summed E-state index contributed by atoms with van der Waals surface area (Å²) in [6, 6.07) is 4.04. The highest BCUT2D eigenvalue weighted by atomic mass is 16.5. The number of ether oxygens (including phenoxy) is 1. The predicted molar refractivity (Wildman–Crippen MR) is 69.0 cm³/mol. The second kappa shape index (κ2) is 6.12. The number of nitrogens with zero attached hydrogens (tertiary/aromatic N) is 1. The van der Waals surface area contributed by atoms with Gasteiger partial charge in [-0.05, 0) is 31.4 Å². The Morgan fingerprint density at radius 2 is 2.12 bits per heavy atom. The van der Waals surface area contributed by atoms with Crippen LogP contribution in [0.5, 0.6) is 0 Å². The molecule has 1 aromatic rings. The first-order chi connectivity index (χ1) is 8.05. The largest absolute Gasteiger partial charge is 0.390 e. The van der Waals surface area contributed by atoms with Crippen molar-refractivity contribution in [2.45, 2.75) is 51.7 Å². The van der Waals surface area contributed by atoms with Crippen molar-refractivity contribution in [2.24, 2.45) is 0 Å². The van der Waals surface area contributed by atoms with Gasteiger partial charge in [0.05, 0.1) is 11.7 Å². The number of methoxy groups -OCH3 is 1. The van der Waals surface area contributed by atoms with E-state index in [0.29, 0.717) is 6.42 Å². The van der Waals surface area contributed by atoms with Gasteiger partial charge in [0.2, 0.25) is 0 Å². The van der Waals surface area contributed by atoms with Crippen LogP contribution in [-0.2, 0) is 17.6 Å². The van der Waals surface area contributed by atoms with Gasteiger partial charge < -0.3 is 9.84 Å². The van der Waals surface area contributed by atoms with E-state index in [2.05, 4.69) is 18.0 Å². The van der Waals surface area contributed by atoms with Crippen LogP contribution < -0.4 is 0 Å². The monoisotopic (exact) mass is 237 g/mol. The molecule has 0 saturated heterocycles. The number of hydrogen-bond donors (Lipinski definition) is 1. The lowest BCUT2D eigenvalue weighted by Gasteiger charge is -2.32. The summed E-state index contributed by atoms with van der Waals surface area (Å²) in [6.45, 7) is 6.04. The fourth-order valence-electron chi connectivity index (χ4n) is 1.72. The first-order valence-corrected chi connectivity index (χ1v) is 6.22. The molecule has 1 aromatic heterocycles. The Labute approximate surface area is 104 Å². The Morgan fingerprint density at radius 1 is 1.41 bits per heavy atom. The molecule has 2 unspecified atom stereocenters. The van der Waals surface area contributed by atoms with Crippen LogP contribution in [0.25, 0.3) is 0 Å². The van der Waals surface area contributed by atoms with E-state index in [4.69, 9.17) is 4.74 Å². The summed E-state index contributed by atoms with van der Waals surface area (Å²) in [5.74, 6) is 0. The Hall–Kier alpha value is -0.930. The van der Waals surface area contributed by atoms with Gasteiger partial charge in [-0.15, -0.1) is 0 Å². The van der Waals surface area contributed by atoms with Crippen molar-refractivity contribution in [3.63, 3.8) is 0 Å². The molecule has 3 heteroatoms. The number of hydrogen-bond acceptors (Lipinski definition) is 3. The molecule has 0 radical (unpaired) electrons. The van der Waals surface area contributed by atoms with Crippen molar-refractivity contribution in [1.29, 1.82) is 0 Å². The number of aromatic nitrogens is 1. The third-order valence-corrected chi connectivity index (χ3v) is 3.57. The smallest absolute Gasteiger partial charge is 0.0909 e. The quantitative estimate of drug-likeness (QED) is 0.826. The van der Waals surface area contributed by atoms with E-state index in [1.807, 2.05) is 26.1 Å². The zero-order valence-corrected chi connectivity index (χ0v) is 11.2. The number of rotatable bonds is 6. The van der Waals surface area contributed by atoms with Gasteiger partial charge in [-0.3, -0.25) is 4.98 Å². The van der Waals surface area contributed by atoms with Crippen LogP contribution in [-0.4, -0.2) is 28.9 Å². The van der Waals surface area contributed by atoms with Gasteiger partial charge in [0.25, 0.3) is 0 Å². The van der Waals surface area contributed by atoms with E-state index < -0.39 is 11.7 Å². The van der Waals surface area contributed by atoms with Crippen LogP contribution in [0.4, 0.5) is 0 Å². The molecular formula is C14H23NO2. The van der Waals surface area contributed by atoms with Crippen LogP contribution in [0.3, 0.4) is 0 Å². The number of aliphatic hydroxyl groups is 1. The summed E-state index contributed by atoms with van der Waals surface area (Å²) in [7, 11) is 1.64. The van der Waals surface area contributed by atoms with E-state index >= 15 is 0 Å². The average Bonchev–Trinajstić information content (AvgIpc) is 2.38. The molecule has 0 aliphatic rings. The van der Waals surface area contributed by atoms with Crippen molar-refractivity contribution >= 4 is 0 Å². The third-order valence-electron chi connectivity index (χ3n) is 3.57. The molecule has 17 heavy (non-hydrogen) atoms. The summed E-state index contributed by atoms with van der Waals surface area (Å²) in [6.07, 6.45) is 3.64. The molecule has 1 rings (SSSR count). The van der Waals surface area contributed by atoms with Gasteiger partial charge in [0.1, 0.15) is 0 Å². The SMILES string of the molecule is CCc1ccc(CC(O)C(C)(CC)OC)nc1. The lowest BCUT2D eigenvalue weighted by atomic mass is 9.92. The highest BCUT2D eigenvalue weighted by molar-refractivity contribution is 5.15. The summed E-state index contributed by atoms with van der Waals surface area (Å²) < 4.78 is 5.39. The summed E-state index contributed by atoms with van der Waals surface area (Å²) in [4.78, 5) is 4.36. The molecule has 0 spiro atoms. The summed E-state index contributed by atoms with van der Waals surface area (Å²) in [5.41, 5.74) is 1.63. The van der Waals surface area contributed by atoms with Crippen molar-refractivity contribution in [3.8, 4) is 0 Å². The second-order valence-electron chi connectivity index (χ2n) is 4.60. The first-order valence-electron chi connectivity index (χ1n) is 6.22. The predicted octanol–water partition coefficient (Wildman–Crippen LogP) is 2.36. The maximum atomic E-state index is 10.2. The molecule has 3 nitrogen and oxygen atoms in total. The highest BCUT2D eigenvalue weighted by Crippen LogP contribution is 2.21. The second-order valence-corrected chi connectivity index (χ2v) is 4.60. The molecule has 0 aliphatic heterocycles. The minimum Gasteiger partial charge on any atom is -0.390 e. The molecule has 0 fully saturated rings. The van der Waals surface area contributed by atoms with Crippen molar-refractivity contribution < 1.29 is 9.84 Å². The zero-order valence-electron chi connectivity index (χ0n) is 11.2. The lowest BCUT2D eigenvalue weighted by molar-refractivity contribution is -0.0917. The van der Waals surface area contributed by atoms with Crippen molar-refractivity contribution in [2.75, 3.05) is 7.11 Å². The van der Waals surface area contributed by atoms with E-state index in [-0.39, 0.29) is 0 Å². The zero-order chi connectivity index (χ0) is 12.9. The average molecular weight is 237 g/mol. The molecule has 96 valence electrons. The van der Waals surface area contributed by atoms with Gasteiger partial charge in [-0.2, -0.15) is 0 Å². The van der Waals surface area contributed by atoms with E-state index in [0.717, 1.165) is 18.5 Å². The topological polar surface area (TPSA) is 42.4 Å². The van der Waals surface area contributed by atoms with Gasteiger partial charge in [-0.25, -0.2) is 0 Å². The van der Waals surface area contributed by atoms with Crippen LogP contribution >= 0.6 is 0 Å². The maximum absolute atomic E-state index is 10.2. The van der Waals surface area contributed by atoms with Crippen molar-refractivity contribution in [3.05, 3.63) is 29.6 Å². The summed E-state index contributed by atoms with van der Waals surface area (Å²) in [5, 5.41) is 10.2. The molecule has 1 heterocycles. The highest BCUT2D eigenvalue weighted by Gasteiger charge is 2.31. The maximum Gasteiger partial charge on any atom is 0.0909 e. The van der Waals surface area contributed by atoms with Gasteiger partial charge in [-0.1, -0.05) is 19.9 Å². The number of aryl methyl sites for hydroxylation is 1. The van der Waals surface area contributed by atoms with E-state index in [1.54, 1.807) is 7.11 Å².